The van der Waals surface area contributed by atoms with Crippen molar-refractivity contribution in [3.8, 4) is 0 Å². The number of urea groups is 1. The van der Waals surface area contributed by atoms with Gasteiger partial charge in [0.25, 0.3) is 0 Å². The van der Waals surface area contributed by atoms with E-state index in [1.807, 2.05) is 10.8 Å². The molecule has 1 atom stereocenters. The van der Waals surface area contributed by atoms with Gasteiger partial charge < -0.3 is 15.7 Å². The number of hydrogen-bond acceptors (Lipinski definition) is 3. The highest BCUT2D eigenvalue weighted by Gasteiger charge is 2.12. The van der Waals surface area contributed by atoms with E-state index in [0.29, 0.717) is 10.6 Å². The van der Waals surface area contributed by atoms with E-state index < -0.39 is 6.10 Å². The highest BCUT2D eigenvalue weighted by Crippen LogP contribution is 2.21. The summed E-state index contributed by atoms with van der Waals surface area (Å²) in [5.74, 6) is 0. The summed E-state index contributed by atoms with van der Waals surface area (Å²) in [6, 6.07) is 8.45. The molecule has 1 aromatic carbocycles. The van der Waals surface area contributed by atoms with Crippen molar-refractivity contribution in [1.82, 2.24) is 5.32 Å². The summed E-state index contributed by atoms with van der Waals surface area (Å²) >= 11 is 7.46. The number of carbonyl (C=O) groups excluding carboxylic acids is 1. The first-order valence-corrected chi connectivity index (χ1v) is 6.98. The molecule has 1 unspecified atom stereocenters. The largest absolute Gasteiger partial charge is 0.387 e. The van der Waals surface area contributed by atoms with Crippen LogP contribution < -0.4 is 10.6 Å². The zero-order valence-electron chi connectivity index (χ0n) is 9.97. The molecule has 2 rings (SSSR count). The molecule has 2 aromatic rings. The van der Waals surface area contributed by atoms with Gasteiger partial charge in [0.1, 0.15) is 0 Å². The summed E-state index contributed by atoms with van der Waals surface area (Å²) in [4.78, 5) is 11.6. The van der Waals surface area contributed by atoms with Gasteiger partial charge >= 0.3 is 6.03 Å². The molecule has 6 heteroatoms. The number of carbonyl (C=O) groups is 1. The Morgan fingerprint density at radius 1 is 1.37 bits per heavy atom. The lowest BCUT2D eigenvalue weighted by molar-refractivity contribution is 0.175. The van der Waals surface area contributed by atoms with Gasteiger partial charge in [0.15, 0.2) is 0 Å². The maximum Gasteiger partial charge on any atom is 0.319 e. The quantitative estimate of drug-likeness (QED) is 0.811. The molecule has 0 aliphatic rings. The fourth-order valence-corrected chi connectivity index (χ4v) is 2.41. The van der Waals surface area contributed by atoms with Crippen LogP contribution in [0, 0.1) is 0 Å². The topological polar surface area (TPSA) is 61.4 Å². The third kappa shape index (κ3) is 3.96. The van der Waals surface area contributed by atoms with Crippen LogP contribution in [0.15, 0.2) is 41.1 Å². The van der Waals surface area contributed by atoms with Crippen molar-refractivity contribution in [2.45, 2.75) is 6.10 Å². The summed E-state index contributed by atoms with van der Waals surface area (Å²) in [6.07, 6.45) is -0.832. The van der Waals surface area contributed by atoms with Gasteiger partial charge in [-0.2, -0.15) is 11.3 Å². The maximum absolute atomic E-state index is 11.6. The predicted molar refractivity (Wildman–Crippen MR) is 77.8 cm³/mol. The maximum atomic E-state index is 11.6. The van der Waals surface area contributed by atoms with E-state index in [-0.39, 0.29) is 12.6 Å². The van der Waals surface area contributed by atoms with Crippen LogP contribution >= 0.6 is 22.9 Å². The molecule has 4 nitrogen and oxygen atoms in total. The number of amides is 2. The Hall–Kier alpha value is -1.56. The summed E-state index contributed by atoms with van der Waals surface area (Å²) in [6.45, 7) is 0.0969. The highest BCUT2D eigenvalue weighted by molar-refractivity contribution is 7.08. The summed E-state index contributed by atoms with van der Waals surface area (Å²) in [5, 5.41) is 19.4. The van der Waals surface area contributed by atoms with E-state index in [4.69, 9.17) is 11.6 Å². The number of benzene rings is 1. The highest BCUT2D eigenvalue weighted by atomic mass is 35.5. The fourth-order valence-electron chi connectivity index (χ4n) is 1.56. The van der Waals surface area contributed by atoms with Gasteiger partial charge in [0.05, 0.1) is 11.8 Å². The van der Waals surface area contributed by atoms with Crippen LogP contribution in [-0.2, 0) is 0 Å². The Bertz CT molecular complexity index is 545. The Morgan fingerprint density at radius 3 is 2.84 bits per heavy atom. The minimum absolute atomic E-state index is 0.0969. The zero-order valence-corrected chi connectivity index (χ0v) is 11.5. The summed E-state index contributed by atoms with van der Waals surface area (Å²) < 4.78 is 0. The first kappa shape index (κ1) is 13.9. The van der Waals surface area contributed by atoms with Crippen molar-refractivity contribution < 1.29 is 9.90 Å². The predicted octanol–water partition coefficient (Wildman–Crippen LogP) is 3.26. The Labute approximate surface area is 120 Å². The van der Waals surface area contributed by atoms with Crippen LogP contribution in [0.25, 0.3) is 0 Å². The van der Waals surface area contributed by atoms with E-state index in [2.05, 4.69) is 10.6 Å². The van der Waals surface area contributed by atoms with E-state index >= 15 is 0 Å². The van der Waals surface area contributed by atoms with Gasteiger partial charge in [-0.15, -0.1) is 0 Å². The minimum atomic E-state index is -0.832. The number of hydrogen-bond donors (Lipinski definition) is 3. The lowest BCUT2D eigenvalue weighted by Gasteiger charge is -2.13. The molecule has 0 fully saturated rings. The SMILES string of the molecule is O=C(NCC(O)c1ccccc1Cl)Nc1ccsc1. The van der Waals surface area contributed by atoms with Crippen molar-refractivity contribution >= 4 is 34.7 Å². The molecule has 0 bridgehead atoms. The molecule has 19 heavy (non-hydrogen) atoms. The molecule has 0 aliphatic carbocycles. The van der Waals surface area contributed by atoms with Gasteiger partial charge in [-0.25, -0.2) is 4.79 Å². The van der Waals surface area contributed by atoms with Gasteiger partial charge in [-0.3, -0.25) is 0 Å². The number of aliphatic hydroxyl groups excluding tert-OH is 1. The molecule has 0 saturated heterocycles. The van der Waals surface area contributed by atoms with E-state index in [9.17, 15) is 9.90 Å². The van der Waals surface area contributed by atoms with Crippen LogP contribution in [0.1, 0.15) is 11.7 Å². The molecule has 0 radical (unpaired) electrons. The smallest absolute Gasteiger partial charge is 0.319 e. The second-order valence-corrected chi connectivity index (χ2v) is 5.07. The molecule has 0 spiro atoms. The molecule has 3 N–H and O–H groups in total. The number of halogens is 1. The first-order valence-electron chi connectivity index (χ1n) is 5.66. The molecule has 0 aliphatic heterocycles. The molecular formula is C13H13ClN2O2S. The summed E-state index contributed by atoms with van der Waals surface area (Å²) in [7, 11) is 0. The number of aliphatic hydroxyl groups is 1. The van der Waals surface area contributed by atoms with Crippen molar-refractivity contribution in [3.05, 3.63) is 51.7 Å². The van der Waals surface area contributed by atoms with Crippen LogP contribution in [0.2, 0.25) is 5.02 Å². The molecule has 0 saturated carbocycles. The third-order valence-corrected chi connectivity index (χ3v) is 3.53. The number of anilines is 1. The van der Waals surface area contributed by atoms with E-state index in [0.717, 1.165) is 5.69 Å². The van der Waals surface area contributed by atoms with Crippen LogP contribution in [0.3, 0.4) is 0 Å². The molecule has 2 amide bonds. The molecular weight excluding hydrogens is 284 g/mol. The second kappa shape index (κ2) is 6.56. The number of rotatable bonds is 4. The van der Waals surface area contributed by atoms with Crippen molar-refractivity contribution in [2.75, 3.05) is 11.9 Å². The monoisotopic (exact) mass is 296 g/mol. The zero-order chi connectivity index (χ0) is 13.7. The van der Waals surface area contributed by atoms with Crippen molar-refractivity contribution in [3.63, 3.8) is 0 Å². The van der Waals surface area contributed by atoms with E-state index in [1.165, 1.54) is 11.3 Å². The van der Waals surface area contributed by atoms with Crippen molar-refractivity contribution in [1.29, 1.82) is 0 Å². The van der Waals surface area contributed by atoms with Gasteiger partial charge in [0, 0.05) is 22.5 Å². The normalized spacial score (nSPS) is 11.9. The van der Waals surface area contributed by atoms with Crippen LogP contribution in [0.5, 0.6) is 0 Å². The average Bonchev–Trinajstić information content (AvgIpc) is 2.89. The lowest BCUT2D eigenvalue weighted by atomic mass is 10.1. The summed E-state index contributed by atoms with van der Waals surface area (Å²) in [5.41, 5.74) is 1.33. The van der Waals surface area contributed by atoms with Gasteiger partial charge in [-0.1, -0.05) is 29.8 Å². The number of nitrogens with one attached hydrogen (secondary N) is 2. The molecule has 1 aromatic heterocycles. The molecule has 100 valence electrons. The van der Waals surface area contributed by atoms with Gasteiger partial charge in [0.2, 0.25) is 0 Å². The lowest BCUT2D eigenvalue weighted by Crippen LogP contribution is -2.32. The Kier molecular flexibility index (Phi) is 4.79. The Balaban J connectivity index is 1.85. The first-order chi connectivity index (χ1) is 9.16. The van der Waals surface area contributed by atoms with Crippen molar-refractivity contribution in [2.24, 2.45) is 0 Å². The minimum Gasteiger partial charge on any atom is -0.387 e. The number of thiophene rings is 1. The second-order valence-electron chi connectivity index (χ2n) is 3.88. The average molecular weight is 297 g/mol. The van der Waals surface area contributed by atoms with Crippen LogP contribution in [-0.4, -0.2) is 17.7 Å². The standard InChI is InChI=1S/C13H13ClN2O2S/c14-11-4-2-1-3-10(11)12(17)7-15-13(18)16-9-5-6-19-8-9/h1-6,8,12,17H,7H2,(H2,15,16,18). The van der Waals surface area contributed by atoms with Crippen LogP contribution in [0.4, 0.5) is 10.5 Å². The molecule has 1 heterocycles. The Morgan fingerprint density at radius 2 is 2.16 bits per heavy atom. The van der Waals surface area contributed by atoms with E-state index in [1.54, 1.807) is 30.3 Å². The fraction of sp³-hybridized carbons (Fsp3) is 0.154. The van der Waals surface area contributed by atoms with Gasteiger partial charge in [-0.05, 0) is 17.5 Å². The third-order valence-electron chi connectivity index (χ3n) is 2.50.